The molecule has 0 radical (unpaired) electrons. The number of piperidine rings is 1. The third kappa shape index (κ3) is 9.12. The number of likely N-dealkylation sites (tertiary alicyclic amines) is 1. The highest BCUT2D eigenvalue weighted by Gasteiger charge is 2.19. The van der Waals surface area contributed by atoms with Gasteiger partial charge in [0.15, 0.2) is 5.96 Å². The lowest BCUT2D eigenvalue weighted by Crippen LogP contribution is -2.50. The van der Waals surface area contributed by atoms with Crippen LogP contribution in [-0.4, -0.2) is 69.9 Å². The number of nitrogens with zero attached hydrogens (tertiary/aromatic N) is 2. The molecule has 1 aliphatic rings. The van der Waals surface area contributed by atoms with E-state index in [-0.39, 0.29) is 30.1 Å². The first kappa shape index (κ1) is 24.0. The van der Waals surface area contributed by atoms with Gasteiger partial charge in [0.25, 0.3) is 0 Å². The Morgan fingerprint density at radius 3 is 2.52 bits per heavy atom. The van der Waals surface area contributed by atoms with Crippen molar-refractivity contribution in [1.82, 2.24) is 15.5 Å². The average molecular weight is 490 g/mol. The molecule has 2 rings (SSSR count). The molecule has 7 heteroatoms. The number of nitrogens with one attached hydrogen (secondary N) is 2. The summed E-state index contributed by atoms with van der Waals surface area (Å²) in [7, 11) is 3.57. The van der Waals surface area contributed by atoms with E-state index in [4.69, 9.17) is 9.47 Å². The van der Waals surface area contributed by atoms with Gasteiger partial charge in [-0.15, -0.1) is 24.0 Å². The van der Waals surface area contributed by atoms with Crippen molar-refractivity contribution in [3.63, 3.8) is 0 Å². The lowest BCUT2D eigenvalue weighted by atomic mass is 10.1. The van der Waals surface area contributed by atoms with Gasteiger partial charge >= 0.3 is 0 Å². The van der Waals surface area contributed by atoms with Gasteiger partial charge in [-0.2, -0.15) is 0 Å². The van der Waals surface area contributed by atoms with Crippen LogP contribution in [-0.2, 0) is 4.74 Å². The highest BCUT2D eigenvalue weighted by atomic mass is 127. The molecule has 0 saturated carbocycles. The molecule has 0 spiro atoms. The van der Waals surface area contributed by atoms with E-state index in [0.29, 0.717) is 12.6 Å². The van der Waals surface area contributed by atoms with Crippen molar-refractivity contribution < 1.29 is 9.47 Å². The van der Waals surface area contributed by atoms with Crippen molar-refractivity contribution in [2.24, 2.45) is 4.99 Å². The molecule has 0 amide bonds. The third-order valence-corrected chi connectivity index (χ3v) is 4.68. The maximum absolute atomic E-state index is 5.94. The smallest absolute Gasteiger partial charge is 0.191 e. The van der Waals surface area contributed by atoms with E-state index in [9.17, 15) is 0 Å². The highest BCUT2D eigenvalue weighted by molar-refractivity contribution is 14.0. The Hall–Kier alpha value is -1.06. The van der Waals surface area contributed by atoms with Gasteiger partial charge in [-0.1, -0.05) is 17.7 Å². The predicted molar refractivity (Wildman–Crippen MR) is 123 cm³/mol. The maximum Gasteiger partial charge on any atom is 0.191 e. The van der Waals surface area contributed by atoms with Gasteiger partial charge in [0, 0.05) is 39.8 Å². The zero-order valence-corrected chi connectivity index (χ0v) is 19.4. The molecule has 0 aromatic heterocycles. The highest BCUT2D eigenvalue weighted by Crippen LogP contribution is 2.13. The van der Waals surface area contributed by atoms with Gasteiger partial charge in [-0.05, 0) is 38.8 Å². The fraction of sp³-hybridized carbons (Fsp3) is 0.650. The summed E-state index contributed by atoms with van der Waals surface area (Å²) in [4.78, 5) is 6.80. The number of rotatable bonds is 8. The minimum Gasteiger partial charge on any atom is -0.489 e. The standard InChI is InChI=1S/C20H34N4O2.HI/c1-16-5-7-19(8-6-16)26-17(2)15-22-20(21-3)23-18-9-11-24(12-10-18)13-14-25-4;/h5-8,17-18H,9-15H2,1-4H3,(H2,21,22,23);1H. The number of hydrogen-bond acceptors (Lipinski definition) is 4. The molecule has 0 aliphatic carbocycles. The Labute approximate surface area is 181 Å². The molecule has 1 heterocycles. The number of guanidine groups is 1. The number of aryl methyl sites for hydroxylation is 1. The summed E-state index contributed by atoms with van der Waals surface area (Å²) in [5.41, 5.74) is 1.24. The summed E-state index contributed by atoms with van der Waals surface area (Å²) in [6.45, 7) is 8.88. The van der Waals surface area contributed by atoms with Crippen molar-refractivity contribution in [3.8, 4) is 5.75 Å². The zero-order chi connectivity index (χ0) is 18.8. The molecule has 27 heavy (non-hydrogen) atoms. The summed E-state index contributed by atoms with van der Waals surface area (Å²) < 4.78 is 11.1. The van der Waals surface area contributed by atoms with Gasteiger partial charge < -0.3 is 25.0 Å². The van der Waals surface area contributed by atoms with Crippen LogP contribution in [0.25, 0.3) is 0 Å². The van der Waals surface area contributed by atoms with Gasteiger partial charge in [0.1, 0.15) is 11.9 Å². The molecule has 1 aromatic rings. The number of benzene rings is 1. The van der Waals surface area contributed by atoms with Crippen LogP contribution in [0.1, 0.15) is 25.3 Å². The van der Waals surface area contributed by atoms with Crippen LogP contribution in [0.3, 0.4) is 0 Å². The van der Waals surface area contributed by atoms with Crippen LogP contribution in [0.2, 0.25) is 0 Å². The van der Waals surface area contributed by atoms with Crippen molar-refractivity contribution >= 4 is 29.9 Å². The van der Waals surface area contributed by atoms with E-state index < -0.39 is 0 Å². The summed E-state index contributed by atoms with van der Waals surface area (Å²) in [6, 6.07) is 8.62. The summed E-state index contributed by atoms with van der Waals surface area (Å²) in [5.74, 6) is 1.75. The number of ether oxygens (including phenoxy) is 2. The Kier molecular flexibility index (Phi) is 11.7. The third-order valence-electron chi connectivity index (χ3n) is 4.68. The van der Waals surface area contributed by atoms with E-state index in [1.807, 2.05) is 19.2 Å². The second-order valence-corrected chi connectivity index (χ2v) is 6.95. The second-order valence-electron chi connectivity index (χ2n) is 6.95. The molecule has 154 valence electrons. The molecule has 0 bridgehead atoms. The van der Waals surface area contributed by atoms with Crippen LogP contribution in [0, 0.1) is 6.92 Å². The van der Waals surface area contributed by atoms with Gasteiger partial charge in [-0.3, -0.25) is 4.99 Å². The van der Waals surface area contributed by atoms with E-state index in [0.717, 1.165) is 50.8 Å². The summed E-state index contributed by atoms with van der Waals surface area (Å²) in [5, 5.41) is 6.91. The van der Waals surface area contributed by atoms with Crippen LogP contribution >= 0.6 is 24.0 Å². The summed E-state index contributed by atoms with van der Waals surface area (Å²) in [6.07, 6.45) is 2.31. The predicted octanol–water partition coefficient (Wildman–Crippen LogP) is 2.66. The maximum atomic E-state index is 5.94. The topological polar surface area (TPSA) is 58.1 Å². The largest absolute Gasteiger partial charge is 0.489 e. The van der Waals surface area contributed by atoms with Crippen molar-refractivity contribution in [2.45, 2.75) is 38.8 Å². The fourth-order valence-electron chi connectivity index (χ4n) is 3.04. The van der Waals surface area contributed by atoms with E-state index in [1.54, 1.807) is 7.11 Å². The van der Waals surface area contributed by atoms with Gasteiger partial charge in [0.2, 0.25) is 0 Å². The van der Waals surface area contributed by atoms with Crippen molar-refractivity contribution in [3.05, 3.63) is 29.8 Å². The first-order valence-electron chi connectivity index (χ1n) is 9.52. The van der Waals surface area contributed by atoms with Crippen molar-refractivity contribution in [2.75, 3.05) is 46.9 Å². The van der Waals surface area contributed by atoms with Gasteiger partial charge in [0.05, 0.1) is 13.2 Å². The van der Waals surface area contributed by atoms with Crippen LogP contribution in [0.4, 0.5) is 0 Å². The first-order chi connectivity index (χ1) is 12.6. The van der Waals surface area contributed by atoms with Gasteiger partial charge in [-0.25, -0.2) is 0 Å². The Bertz CT molecular complexity index is 545. The molecular weight excluding hydrogens is 455 g/mol. The number of halogens is 1. The lowest BCUT2D eigenvalue weighted by Gasteiger charge is -2.33. The molecule has 2 N–H and O–H groups in total. The summed E-state index contributed by atoms with van der Waals surface area (Å²) >= 11 is 0. The minimum absolute atomic E-state index is 0. The minimum atomic E-state index is 0. The normalized spacial score (nSPS) is 17.1. The van der Waals surface area contributed by atoms with Crippen LogP contribution in [0.15, 0.2) is 29.3 Å². The first-order valence-corrected chi connectivity index (χ1v) is 9.52. The molecule has 6 nitrogen and oxygen atoms in total. The molecule has 1 aromatic carbocycles. The Morgan fingerprint density at radius 2 is 1.93 bits per heavy atom. The molecule has 1 aliphatic heterocycles. The average Bonchev–Trinajstić information content (AvgIpc) is 2.66. The van der Waals surface area contributed by atoms with Crippen LogP contribution < -0.4 is 15.4 Å². The lowest BCUT2D eigenvalue weighted by molar-refractivity contribution is 0.128. The number of hydrogen-bond donors (Lipinski definition) is 2. The molecular formula is C20H35IN4O2. The molecule has 1 atom stereocenters. The van der Waals surface area contributed by atoms with Crippen molar-refractivity contribution in [1.29, 1.82) is 0 Å². The van der Waals surface area contributed by atoms with E-state index >= 15 is 0 Å². The Morgan fingerprint density at radius 1 is 1.26 bits per heavy atom. The molecule has 1 saturated heterocycles. The molecule has 1 fully saturated rings. The van der Waals surface area contributed by atoms with E-state index in [1.165, 1.54) is 5.56 Å². The number of aliphatic imine (C=N–C) groups is 1. The quantitative estimate of drug-likeness (QED) is 0.334. The molecule has 1 unspecified atom stereocenters. The van der Waals surface area contributed by atoms with Crippen LogP contribution in [0.5, 0.6) is 5.75 Å². The SMILES string of the molecule is CN=C(NCC(C)Oc1ccc(C)cc1)NC1CCN(CCOC)CC1.I. The zero-order valence-electron chi connectivity index (χ0n) is 17.0. The fourth-order valence-corrected chi connectivity index (χ4v) is 3.04. The Balaban J connectivity index is 0.00000364. The number of methoxy groups -OCH3 is 1. The van der Waals surface area contributed by atoms with E-state index in [2.05, 4.69) is 46.5 Å². The second kappa shape index (κ2) is 13.2. The monoisotopic (exact) mass is 490 g/mol.